The van der Waals surface area contributed by atoms with E-state index in [4.69, 9.17) is 9.47 Å². The number of methoxy groups -OCH3 is 1. The van der Waals surface area contributed by atoms with Crippen molar-refractivity contribution in [3.8, 4) is 5.75 Å². The molecule has 1 aliphatic rings. The maximum absolute atomic E-state index is 5.76. The molecule has 4 heteroatoms. The van der Waals surface area contributed by atoms with Crippen molar-refractivity contribution in [1.82, 2.24) is 5.32 Å². The zero-order valence-electron chi connectivity index (χ0n) is 11.7. The zero-order chi connectivity index (χ0) is 13.3. The lowest BCUT2D eigenvalue weighted by Crippen LogP contribution is -2.33. The minimum absolute atomic E-state index is 0.814. The van der Waals surface area contributed by atoms with E-state index in [-0.39, 0.29) is 0 Å². The van der Waals surface area contributed by atoms with Crippen molar-refractivity contribution in [2.24, 2.45) is 0 Å². The molecule has 0 atom stereocenters. The van der Waals surface area contributed by atoms with Crippen LogP contribution in [0, 0.1) is 0 Å². The van der Waals surface area contributed by atoms with E-state index in [0.717, 1.165) is 58.0 Å². The molecule has 0 saturated carbocycles. The number of para-hydroxylation sites is 2. The number of nitrogens with one attached hydrogen (secondary N) is 1. The number of fused-ring (bicyclic) bond motifs is 1. The first-order valence-electron chi connectivity index (χ1n) is 7.08. The van der Waals surface area contributed by atoms with Gasteiger partial charge in [-0.3, -0.25) is 0 Å². The molecule has 0 saturated heterocycles. The van der Waals surface area contributed by atoms with Gasteiger partial charge in [-0.05, 0) is 31.5 Å². The number of hydrogen-bond donors (Lipinski definition) is 1. The van der Waals surface area contributed by atoms with Crippen LogP contribution in [0.5, 0.6) is 5.75 Å². The van der Waals surface area contributed by atoms with Gasteiger partial charge in [-0.1, -0.05) is 12.1 Å². The van der Waals surface area contributed by atoms with E-state index >= 15 is 0 Å². The molecular formula is C15H24N2O2. The second-order valence-corrected chi connectivity index (χ2v) is 4.75. The van der Waals surface area contributed by atoms with Crippen LogP contribution in [0.15, 0.2) is 24.3 Å². The topological polar surface area (TPSA) is 33.7 Å². The van der Waals surface area contributed by atoms with E-state index in [2.05, 4.69) is 28.4 Å². The first kappa shape index (κ1) is 14.2. The molecule has 1 heterocycles. The van der Waals surface area contributed by atoms with Crippen molar-refractivity contribution in [3.05, 3.63) is 24.3 Å². The Morgan fingerprint density at radius 2 is 2.21 bits per heavy atom. The van der Waals surface area contributed by atoms with Crippen LogP contribution in [-0.2, 0) is 4.74 Å². The molecule has 0 radical (unpaired) electrons. The Morgan fingerprint density at radius 1 is 1.32 bits per heavy atom. The van der Waals surface area contributed by atoms with E-state index in [9.17, 15) is 0 Å². The smallest absolute Gasteiger partial charge is 0.142 e. The lowest BCUT2D eigenvalue weighted by Gasteiger charge is -2.23. The predicted molar refractivity (Wildman–Crippen MR) is 78.1 cm³/mol. The summed E-state index contributed by atoms with van der Waals surface area (Å²) in [4.78, 5) is 2.41. The van der Waals surface area contributed by atoms with Gasteiger partial charge in [-0.2, -0.15) is 0 Å². The second kappa shape index (κ2) is 8.02. The average molecular weight is 264 g/mol. The van der Waals surface area contributed by atoms with Crippen LogP contribution in [0.25, 0.3) is 0 Å². The Hall–Kier alpha value is -1.26. The third-order valence-electron chi connectivity index (χ3n) is 3.30. The molecule has 0 fully saturated rings. The summed E-state index contributed by atoms with van der Waals surface area (Å²) < 4.78 is 10.8. The number of ether oxygens (including phenoxy) is 2. The molecule has 0 aromatic heterocycles. The summed E-state index contributed by atoms with van der Waals surface area (Å²) in [7, 11) is 1.74. The van der Waals surface area contributed by atoms with Crippen LogP contribution in [0.1, 0.15) is 12.8 Å². The quantitative estimate of drug-likeness (QED) is 0.763. The Bertz CT molecular complexity index is 371. The lowest BCUT2D eigenvalue weighted by atomic mass is 10.2. The fourth-order valence-corrected chi connectivity index (χ4v) is 2.31. The SMILES string of the molecule is COCCCNCCN1CCCOc2ccccc21. The van der Waals surface area contributed by atoms with Gasteiger partial charge >= 0.3 is 0 Å². The number of rotatable bonds is 7. The van der Waals surface area contributed by atoms with E-state index in [1.807, 2.05) is 6.07 Å². The summed E-state index contributed by atoms with van der Waals surface area (Å²) >= 11 is 0. The largest absolute Gasteiger partial charge is 0.491 e. The minimum atomic E-state index is 0.814. The Balaban J connectivity index is 1.79. The van der Waals surface area contributed by atoms with E-state index < -0.39 is 0 Å². The first-order valence-corrected chi connectivity index (χ1v) is 7.08. The van der Waals surface area contributed by atoms with Gasteiger partial charge in [0.25, 0.3) is 0 Å². The molecule has 0 aliphatic carbocycles. The van der Waals surface area contributed by atoms with Gasteiger partial charge in [0.1, 0.15) is 5.75 Å². The maximum Gasteiger partial charge on any atom is 0.142 e. The summed E-state index contributed by atoms with van der Waals surface area (Å²) in [6, 6.07) is 8.31. The number of anilines is 1. The highest BCUT2D eigenvalue weighted by molar-refractivity contribution is 5.58. The molecule has 1 aromatic rings. The van der Waals surface area contributed by atoms with E-state index in [1.165, 1.54) is 5.69 Å². The van der Waals surface area contributed by atoms with Gasteiger partial charge in [-0.25, -0.2) is 0 Å². The van der Waals surface area contributed by atoms with E-state index in [0.29, 0.717) is 0 Å². The normalized spacial score (nSPS) is 14.7. The van der Waals surface area contributed by atoms with Gasteiger partial charge < -0.3 is 19.7 Å². The van der Waals surface area contributed by atoms with Crippen molar-refractivity contribution in [1.29, 1.82) is 0 Å². The van der Waals surface area contributed by atoms with Crippen molar-refractivity contribution in [3.63, 3.8) is 0 Å². The molecule has 0 unspecified atom stereocenters. The van der Waals surface area contributed by atoms with Crippen LogP contribution in [0.4, 0.5) is 5.69 Å². The van der Waals surface area contributed by atoms with Crippen LogP contribution in [-0.4, -0.2) is 46.5 Å². The molecule has 19 heavy (non-hydrogen) atoms. The third kappa shape index (κ3) is 4.40. The fourth-order valence-electron chi connectivity index (χ4n) is 2.31. The number of benzene rings is 1. The van der Waals surface area contributed by atoms with Gasteiger partial charge in [0.05, 0.1) is 12.3 Å². The Morgan fingerprint density at radius 3 is 3.11 bits per heavy atom. The summed E-state index contributed by atoms with van der Waals surface area (Å²) in [5.74, 6) is 1.01. The number of nitrogens with zero attached hydrogens (tertiary/aromatic N) is 1. The highest BCUT2D eigenvalue weighted by Gasteiger charge is 2.14. The fraction of sp³-hybridized carbons (Fsp3) is 0.600. The highest BCUT2D eigenvalue weighted by atomic mass is 16.5. The molecule has 0 amide bonds. The molecule has 0 bridgehead atoms. The predicted octanol–water partition coefficient (Wildman–Crippen LogP) is 1.90. The molecule has 1 aliphatic heterocycles. The minimum Gasteiger partial charge on any atom is -0.491 e. The third-order valence-corrected chi connectivity index (χ3v) is 3.30. The van der Waals surface area contributed by atoms with Crippen LogP contribution in [0.3, 0.4) is 0 Å². The standard InChI is InChI=1S/C15H24N2O2/c1-18-12-4-8-16-9-11-17-10-5-13-19-15-7-3-2-6-14(15)17/h2-3,6-7,16H,4-5,8-13H2,1H3. The Labute approximate surface area is 115 Å². The second-order valence-electron chi connectivity index (χ2n) is 4.75. The molecule has 106 valence electrons. The van der Waals surface area contributed by atoms with E-state index in [1.54, 1.807) is 7.11 Å². The van der Waals surface area contributed by atoms with Crippen LogP contribution < -0.4 is 15.0 Å². The zero-order valence-corrected chi connectivity index (χ0v) is 11.7. The summed E-state index contributed by atoms with van der Waals surface area (Å²) in [5.41, 5.74) is 1.22. The molecule has 1 aromatic carbocycles. The Kier molecular flexibility index (Phi) is 5.98. The first-order chi connectivity index (χ1) is 9.42. The molecule has 0 spiro atoms. The molecule has 2 rings (SSSR count). The molecular weight excluding hydrogens is 240 g/mol. The lowest BCUT2D eigenvalue weighted by molar-refractivity contribution is 0.194. The average Bonchev–Trinajstić information content (AvgIpc) is 2.65. The monoisotopic (exact) mass is 264 g/mol. The summed E-state index contributed by atoms with van der Waals surface area (Å²) in [6.45, 7) is 5.74. The maximum atomic E-state index is 5.76. The molecule has 1 N–H and O–H groups in total. The van der Waals surface area contributed by atoms with Crippen LogP contribution in [0.2, 0.25) is 0 Å². The van der Waals surface area contributed by atoms with Gasteiger partial charge in [0.15, 0.2) is 0 Å². The number of hydrogen-bond acceptors (Lipinski definition) is 4. The van der Waals surface area contributed by atoms with Crippen molar-refractivity contribution >= 4 is 5.69 Å². The van der Waals surface area contributed by atoms with Gasteiger partial charge in [0, 0.05) is 33.4 Å². The van der Waals surface area contributed by atoms with Crippen LogP contribution >= 0.6 is 0 Å². The highest BCUT2D eigenvalue weighted by Crippen LogP contribution is 2.29. The van der Waals surface area contributed by atoms with Crippen molar-refractivity contribution in [2.75, 3.05) is 51.4 Å². The summed E-state index contributed by atoms with van der Waals surface area (Å²) in [6.07, 6.45) is 2.15. The van der Waals surface area contributed by atoms with Crippen molar-refractivity contribution < 1.29 is 9.47 Å². The van der Waals surface area contributed by atoms with Crippen molar-refractivity contribution in [2.45, 2.75) is 12.8 Å². The van der Waals surface area contributed by atoms with Gasteiger partial charge in [0.2, 0.25) is 0 Å². The summed E-state index contributed by atoms with van der Waals surface area (Å²) in [5, 5.41) is 3.46. The van der Waals surface area contributed by atoms with Gasteiger partial charge in [-0.15, -0.1) is 0 Å². The molecule has 4 nitrogen and oxygen atoms in total.